The number of hydrogen-bond donors (Lipinski definition) is 0. The molecule has 15 heavy (non-hydrogen) atoms. The number of allylic oxidation sites excluding steroid dienone is 1. The van der Waals surface area contributed by atoms with Gasteiger partial charge in [-0.2, -0.15) is 10.2 Å². The van der Waals surface area contributed by atoms with Gasteiger partial charge < -0.3 is 0 Å². The SMILES string of the molecule is CC1=NN=C(C)C1=Cc1ccccc1Cl. The van der Waals surface area contributed by atoms with Crippen LogP contribution in [0.3, 0.4) is 0 Å². The van der Waals surface area contributed by atoms with Gasteiger partial charge in [0.05, 0.1) is 11.4 Å². The topological polar surface area (TPSA) is 24.7 Å². The van der Waals surface area contributed by atoms with Crippen molar-refractivity contribution in [2.45, 2.75) is 13.8 Å². The van der Waals surface area contributed by atoms with Gasteiger partial charge in [-0.1, -0.05) is 29.8 Å². The van der Waals surface area contributed by atoms with Gasteiger partial charge in [-0.25, -0.2) is 0 Å². The zero-order valence-electron chi connectivity index (χ0n) is 8.66. The highest BCUT2D eigenvalue weighted by atomic mass is 35.5. The van der Waals surface area contributed by atoms with Crippen molar-refractivity contribution in [3.63, 3.8) is 0 Å². The van der Waals surface area contributed by atoms with Crippen LogP contribution in [-0.4, -0.2) is 11.4 Å². The Morgan fingerprint density at radius 3 is 2.27 bits per heavy atom. The van der Waals surface area contributed by atoms with E-state index in [2.05, 4.69) is 10.2 Å². The Labute approximate surface area is 94.0 Å². The predicted octanol–water partition coefficient (Wildman–Crippen LogP) is 3.57. The van der Waals surface area contributed by atoms with Crippen molar-refractivity contribution in [3.05, 3.63) is 40.4 Å². The van der Waals surface area contributed by atoms with E-state index in [1.165, 1.54) is 0 Å². The molecule has 3 heteroatoms. The van der Waals surface area contributed by atoms with Crippen LogP contribution in [0.1, 0.15) is 19.4 Å². The highest BCUT2D eigenvalue weighted by molar-refractivity contribution is 6.33. The second-order valence-electron chi connectivity index (χ2n) is 3.45. The molecular formula is C12H11ClN2. The third-order valence-corrected chi connectivity index (χ3v) is 2.68. The number of nitrogens with zero attached hydrogens (tertiary/aromatic N) is 2. The average Bonchev–Trinajstić information content (AvgIpc) is 2.53. The standard InChI is InChI=1S/C12H11ClN2/c1-8-11(9(2)15-14-8)7-10-5-3-4-6-12(10)13/h3-7H,1-2H3. The van der Waals surface area contributed by atoms with E-state index in [1.807, 2.05) is 44.2 Å². The number of hydrogen-bond acceptors (Lipinski definition) is 2. The molecule has 0 aliphatic carbocycles. The third kappa shape index (κ3) is 2.00. The van der Waals surface area contributed by atoms with Crippen molar-refractivity contribution in [2.24, 2.45) is 10.2 Å². The van der Waals surface area contributed by atoms with Gasteiger partial charge in [-0.15, -0.1) is 0 Å². The van der Waals surface area contributed by atoms with Crippen molar-refractivity contribution in [2.75, 3.05) is 0 Å². The summed E-state index contributed by atoms with van der Waals surface area (Å²) in [6.07, 6.45) is 2.02. The van der Waals surface area contributed by atoms with Crippen LogP contribution in [-0.2, 0) is 0 Å². The Bertz CT molecular complexity index is 464. The van der Waals surface area contributed by atoms with E-state index in [-0.39, 0.29) is 0 Å². The molecule has 2 nitrogen and oxygen atoms in total. The highest BCUT2D eigenvalue weighted by Crippen LogP contribution is 2.21. The third-order valence-electron chi connectivity index (χ3n) is 2.33. The fraction of sp³-hybridized carbons (Fsp3) is 0.167. The lowest BCUT2D eigenvalue weighted by atomic mass is 10.0. The predicted molar refractivity (Wildman–Crippen MR) is 65.6 cm³/mol. The molecule has 1 aliphatic rings. The molecule has 0 bridgehead atoms. The van der Waals surface area contributed by atoms with Gasteiger partial charge in [0.15, 0.2) is 0 Å². The maximum absolute atomic E-state index is 6.07. The molecule has 0 atom stereocenters. The van der Waals surface area contributed by atoms with Crippen molar-refractivity contribution >= 4 is 29.1 Å². The van der Waals surface area contributed by atoms with Gasteiger partial charge in [-0.05, 0) is 31.6 Å². The molecule has 0 saturated heterocycles. The summed E-state index contributed by atoms with van der Waals surface area (Å²) in [7, 11) is 0. The van der Waals surface area contributed by atoms with Crippen molar-refractivity contribution in [3.8, 4) is 0 Å². The van der Waals surface area contributed by atoms with E-state index in [4.69, 9.17) is 11.6 Å². The monoisotopic (exact) mass is 218 g/mol. The minimum atomic E-state index is 0.748. The van der Waals surface area contributed by atoms with E-state index in [1.54, 1.807) is 0 Å². The summed E-state index contributed by atoms with van der Waals surface area (Å²) in [5, 5.41) is 8.78. The molecule has 0 amide bonds. The first-order valence-corrected chi connectivity index (χ1v) is 5.12. The minimum absolute atomic E-state index is 0.748. The molecule has 0 radical (unpaired) electrons. The zero-order valence-corrected chi connectivity index (χ0v) is 9.42. The highest BCUT2D eigenvalue weighted by Gasteiger charge is 2.12. The summed E-state index contributed by atoms with van der Waals surface area (Å²) in [5.74, 6) is 0. The first kappa shape index (κ1) is 10.1. The molecule has 0 spiro atoms. The van der Waals surface area contributed by atoms with Crippen LogP contribution in [0, 0.1) is 0 Å². The summed E-state index contributed by atoms with van der Waals surface area (Å²) in [6.45, 7) is 3.89. The van der Waals surface area contributed by atoms with Gasteiger partial charge >= 0.3 is 0 Å². The summed E-state index contributed by atoms with van der Waals surface area (Å²) < 4.78 is 0. The van der Waals surface area contributed by atoms with Crippen molar-refractivity contribution in [1.82, 2.24) is 0 Å². The zero-order chi connectivity index (χ0) is 10.8. The molecule has 76 valence electrons. The van der Waals surface area contributed by atoms with Crippen molar-refractivity contribution in [1.29, 1.82) is 0 Å². The van der Waals surface area contributed by atoms with E-state index in [0.717, 1.165) is 27.6 Å². The summed E-state index contributed by atoms with van der Waals surface area (Å²) in [4.78, 5) is 0. The Balaban J connectivity index is 2.44. The van der Waals surface area contributed by atoms with E-state index < -0.39 is 0 Å². The van der Waals surface area contributed by atoms with Crippen LogP contribution < -0.4 is 0 Å². The fourth-order valence-electron chi connectivity index (χ4n) is 1.48. The first-order valence-electron chi connectivity index (χ1n) is 4.74. The summed E-state index contributed by atoms with van der Waals surface area (Å²) >= 11 is 6.07. The molecule has 1 aliphatic heterocycles. The lowest BCUT2D eigenvalue weighted by molar-refractivity contribution is 1.26. The number of benzene rings is 1. The molecule has 0 aromatic heterocycles. The van der Waals surface area contributed by atoms with Gasteiger partial charge in [-0.3, -0.25) is 0 Å². The van der Waals surface area contributed by atoms with Crippen LogP contribution in [0.25, 0.3) is 6.08 Å². The lowest BCUT2D eigenvalue weighted by Crippen LogP contribution is -2.00. The molecule has 0 saturated carbocycles. The Morgan fingerprint density at radius 1 is 1.07 bits per heavy atom. The van der Waals surface area contributed by atoms with Crippen LogP contribution in [0.4, 0.5) is 0 Å². The van der Waals surface area contributed by atoms with Gasteiger partial charge in [0.25, 0.3) is 0 Å². The lowest BCUT2D eigenvalue weighted by Gasteiger charge is -2.01. The molecule has 1 aromatic carbocycles. The Hall–Kier alpha value is -1.41. The minimum Gasteiger partial charge on any atom is -0.155 e. The van der Waals surface area contributed by atoms with E-state index in [9.17, 15) is 0 Å². The van der Waals surface area contributed by atoms with Gasteiger partial charge in [0.2, 0.25) is 0 Å². The van der Waals surface area contributed by atoms with Crippen molar-refractivity contribution < 1.29 is 0 Å². The second kappa shape index (κ2) is 3.99. The molecule has 0 unspecified atom stereocenters. The maximum Gasteiger partial charge on any atom is 0.0691 e. The Morgan fingerprint density at radius 2 is 1.67 bits per heavy atom. The molecule has 0 fully saturated rings. The van der Waals surface area contributed by atoms with Gasteiger partial charge in [0.1, 0.15) is 0 Å². The summed E-state index contributed by atoms with van der Waals surface area (Å²) in [6, 6.07) is 7.74. The van der Waals surface area contributed by atoms with Crippen LogP contribution in [0.5, 0.6) is 0 Å². The van der Waals surface area contributed by atoms with Crippen LogP contribution >= 0.6 is 11.6 Å². The van der Waals surface area contributed by atoms with E-state index in [0.29, 0.717) is 0 Å². The molecular weight excluding hydrogens is 208 g/mol. The van der Waals surface area contributed by atoms with E-state index >= 15 is 0 Å². The summed E-state index contributed by atoms with van der Waals surface area (Å²) in [5.41, 5.74) is 3.93. The largest absolute Gasteiger partial charge is 0.155 e. The second-order valence-corrected chi connectivity index (χ2v) is 3.86. The van der Waals surface area contributed by atoms with Crippen LogP contribution in [0.2, 0.25) is 5.02 Å². The Kier molecular flexibility index (Phi) is 2.69. The molecule has 1 aromatic rings. The molecule has 1 heterocycles. The first-order chi connectivity index (χ1) is 7.18. The molecule has 0 N–H and O–H groups in total. The normalized spacial score (nSPS) is 15.0. The van der Waals surface area contributed by atoms with Crippen LogP contribution in [0.15, 0.2) is 40.0 Å². The molecule has 2 rings (SSSR count). The smallest absolute Gasteiger partial charge is 0.0691 e. The average molecular weight is 219 g/mol. The maximum atomic E-state index is 6.07. The fourth-order valence-corrected chi connectivity index (χ4v) is 1.67. The number of halogens is 1. The number of rotatable bonds is 1. The van der Waals surface area contributed by atoms with Gasteiger partial charge in [0, 0.05) is 10.6 Å². The quantitative estimate of drug-likeness (QED) is 0.689.